The van der Waals surface area contributed by atoms with Gasteiger partial charge in [0.25, 0.3) is 4.92 Å². The summed E-state index contributed by atoms with van der Waals surface area (Å²) < 4.78 is 0. The molecule has 4 heteroatoms. The van der Waals surface area contributed by atoms with Gasteiger partial charge < -0.3 is 5.32 Å². The Morgan fingerprint density at radius 3 is 2.70 bits per heavy atom. The standard InChI is InChI=1S/C16H23N2O2/c1-12-9-10-15(18(19)20-3)11-16(12)13(2)17-14-7-5-4-6-8-14/h9-11,14,17H,2,4-8H2,1,3H3/q+1. The molecule has 1 aromatic rings. The number of aryl methyl sites for hydroxylation is 1. The Morgan fingerprint density at radius 2 is 2.05 bits per heavy atom. The summed E-state index contributed by atoms with van der Waals surface area (Å²) in [5, 5.41) is 3.50. The normalized spacial score (nSPS) is 15.7. The quantitative estimate of drug-likeness (QED) is 0.830. The van der Waals surface area contributed by atoms with Gasteiger partial charge in [-0.05, 0) is 25.3 Å². The zero-order chi connectivity index (χ0) is 14.5. The number of rotatable bonds is 5. The number of benzene rings is 1. The van der Waals surface area contributed by atoms with E-state index >= 15 is 0 Å². The van der Waals surface area contributed by atoms with Crippen LogP contribution >= 0.6 is 0 Å². The Labute approximate surface area is 120 Å². The zero-order valence-electron chi connectivity index (χ0n) is 12.3. The average molecular weight is 275 g/mol. The van der Waals surface area contributed by atoms with Crippen molar-refractivity contribution in [2.75, 3.05) is 7.11 Å². The lowest BCUT2D eigenvalue weighted by Crippen LogP contribution is -2.29. The summed E-state index contributed by atoms with van der Waals surface area (Å²) in [4.78, 5) is 16.7. The minimum Gasteiger partial charge on any atom is -0.382 e. The summed E-state index contributed by atoms with van der Waals surface area (Å²) in [5.74, 6) is 0. The lowest BCUT2D eigenvalue weighted by Gasteiger charge is -2.25. The van der Waals surface area contributed by atoms with E-state index in [2.05, 4.69) is 16.7 Å². The fraction of sp³-hybridized carbons (Fsp3) is 0.500. The van der Waals surface area contributed by atoms with Crippen LogP contribution in [0.3, 0.4) is 0 Å². The van der Waals surface area contributed by atoms with Gasteiger partial charge in [-0.3, -0.25) is 0 Å². The van der Waals surface area contributed by atoms with Gasteiger partial charge >= 0.3 is 5.69 Å². The van der Waals surface area contributed by atoms with Crippen LogP contribution in [0.4, 0.5) is 5.69 Å². The number of hydrogen-bond donors (Lipinski definition) is 1. The lowest BCUT2D eigenvalue weighted by atomic mass is 9.94. The summed E-state index contributed by atoms with van der Waals surface area (Å²) >= 11 is 0. The van der Waals surface area contributed by atoms with Crippen LogP contribution in [0.25, 0.3) is 5.70 Å². The van der Waals surface area contributed by atoms with E-state index in [9.17, 15) is 4.91 Å². The van der Waals surface area contributed by atoms with Crippen LogP contribution in [-0.4, -0.2) is 18.1 Å². The molecule has 1 aliphatic carbocycles. The molecule has 1 fully saturated rings. The van der Waals surface area contributed by atoms with Crippen molar-refractivity contribution in [2.45, 2.75) is 45.1 Å². The molecule has 0 unspecified atom stereocenters. The van der Waals surface area contributed by atoms with Crippen LogP contribution in [0.2, 0.25) is 0 Å². The van der Waals surface area contributed by atoms with Crippen molar-refractivity contribution in [2.24, 2.45) is 0 Å². The molecular weight excluding hydrogens is 252 g/mol. The van der Waals surface area contributed by atoms with Crippen molar-refractivity contribution in [3.05, 3.63) is 40.8 Å². The smallest absolute Gasteiger partial charge is 0.317 e. The van der Waals surface area contributed by atoms with Crippen molar-refractivity contribution in [1.82, 2.24) is 5.32 Å². The largest absolute Gasteiger partial charge is 0.382 e. The first-order valence-corrected chi connectivity index (χ1v) is 7.19. The highest BCUT2D eigenvalue weighted by Gasteiger charge is 2.19. The van der Waals surface area contributed by atoms with E-state index in [1.54, 1.807) is 6.07 Å². The highest BCUT2D eigenvalue weighted by Crippen LogP contribution is 2.25. The molecule has 1 N–H and O–H groups in total. The van der Waals surface area contributed by atoms with Crippen LogP contribution in [0.15, 0.2) is 24.8 Å². The maximum absolute atomic E-state index is 11.5. The molecule has 1 saturated carbocycles. The molecule has 0 spiro atoms. The lowest BCUT2D eigenvalue weighted by molar-refractivity contribution is -0.736. The third kappa shape index (κ3) is 3.38. The highest BCUT2D eigenvalue weighted by molar-refractivity contribution is 5.67. The van der Waals surface area contributed by atoms with Gasteiger partial charge in [0.1, 0.15) is 0 Å². The predicted octanol–water partition coefficient (Wildman–Crippen LogP) is 3.86. The van der Waals surface area contributed by atoms with E-state index in [1.807, 2.05) is 19.1 Å². The summed E-state index contributed by atoms with van der Waals surface area (Å²) in [6, 6.07) is 6.00. The van der Waals surface area contributed by atoms with Gasteiger partial charge in [-0.15, -0.1) is 0 Å². The van der Waals surface area contributed by atoms with E-state index in [1.165, 1.54) is 39.2 Å². The van der Waals surface area contributed by atoms with Gasteiger partial charge in [-0.2, -0.15) is 0 Å². The van der Waals surface area contributed by atoms with Gasteiger partial charge in [0, 0.05) is 29.4 Å². The Bertz CT molecular complexity index is 505. The Hall–Kier alpha value is -1.84. The Morgan fingerprint density at radius 1 is 1.35 bits per heavy atom. The van der Waals surface area contributed by atoms with Crippen LogP contribution < -0.4 is 5.32 Å². The van der Waals surface area contributed by atoms with Crippen molar-refractivity contribution >= 4 is 11.4 Å². The molecule has 0 bridgehead atoms. The molecule has 0 aromatic heterocycles. The predicted molar refractivity (Wildman–Crippen MR) is 80.5 cm³/mol. The molecule has 0 heterocycles. The van der Waals surface area contributed by atoms with Crippen LogP contribution in [0, 0.1) is 11.8 Å². The highest BCUT2D eigenvalue weighted by atomic mass is 16.8. The van der Waals surface area contributed by atoms with Gasteiger partial charge in [-0.1, -0.05) is 31.9 Å². The first-order valence-electron chi connectivity index (χ1n) is 7.19. The molecule has 4 nitrogen and oxygen atoms in total. The second-order valence-electron chi connectivity index (χ2n) is 5.40. The zero-order valence-corrected chi connectivity index (χ0v) is 12.3. The molecule has 0 amide bonds. The molecular formula is C16H23N2O2+. The molecule has 0 saturated heterocycles. The fourth-order valence-corrected chi connectivity index (χ4v) is 2.73. The first kappa shape index (κ1) is 14.6. The number of nitrogens with one attached hydrogen (secondary N) is 1. The van der Waals surface area contributed by atoms with Crippen molar-refractivity contribution in [3.63, 3.8) is 0 Å². The summed E-state index contributed by atoms with van der Waals surface area (Å²) in [7, 11) is 1.36. The molecule has 0 aliphatic heterocycles. The monoisotopic (exact) mass is 275 g/mol. The van der Waals surface area contributed by atoms with Crippen LogP contribution in [0.1, 0.15) is 43.2 Å². The summed E-state index contributed by atoms with van der Waals surface area (Å²) in [6.45, 7) is 6.16. The van der Waals surface area contributed by atoms with Crippen molar-refractivity contribution < 1.29 is 9.76 Å². The minimum absolute atomic E-state index is 0.486. The molecule has 1 aliphatic rings. The molecule has 2 rings (SSSR count). The number of hydrogen-bond acceptors (Lipinski definition) is 3. The third-order valence-electron chi connectivity index (χ3n) is 3.91. The number of nitrogens with zero attached hydrogens (tertiary/aromatic N) is 1. The van der Waals surface area contributed by atoms with Crippen molar-refractivity contribution in [3.8, 4) is 0 Å². The minimum atomic E-state index is 0.486. The van der Waals surface area contributed by atoms with Crippen molar-refractivity contribution in [1.29, 1.82) is 0 Å². The van der Waals surface area contributed by atoms with Gasteiger partial charge in [0.2, 0.25) is 0 Å². The molecule has 0 radical (unpaired) electrons. The second-order valence-corrected chi connectivity index (χ2v) is 5.40. The maximum Gasteiger partial charge on any atom is 0.317 e. The SMILES string of the molecule is C=C(NC1CCCCC1)c1cc([N+](=O)OC)ccc1C. The van der Waals surface area contributed by atoms with E-state index in [-0.39, 0.29) is 0 Å². The van der Waals surface area contributed by atoms with Crippen LogP contribution in [0.5, 0.6) is 0 Å². The van der Waals surface area contributed by atoms with E-state index < -0.39 is 0 Å². The summed E-state index contributed by atoms with van der Waals surface area (Å²) in [6.07, 6.45) is 6.29. The Balaban J connectivity index is 2.13. The molecule has 0 atom stereocenters. The second kappa shape index (κ2) is 6.55. The average Bonchev–Trinajstić information content (AvgIpc) is 2.48. The van der Waals surface area contributed by atoms with Gasteiger partial charge in [-0.25, -0.2) is 4.84 Å². The van der Waals surface area contributed by atoms with Gasteiger partial charge in [0.05, 0.1) is 4.91 Å². The fourth-order valence-electron chi connectivity index (χ4n) is 2.73. The first-order chi connectivity index (χ1) is 9.61. The maximum atomic E-state index is 11.5. The topological polar surface area (TPSA) is 41.3 Å². The van der Waals surface area contributed by atoms with Crippen LogP contribution in [-0.2, 0) is 4.84 Å². The molecule has 108 valence electrons. The summed E-state index contributed by atoms with van der Waals surface area (Å²) in [5.41, 5.74) is 3.46. The van der Waals surface area contributed by atoms with E-state index in [4.69, 9.17) is 0 Å². The third-order valence-corrected chi connectivity index (χ3v) is 3.91. The van der Waals surface area contributed by atoms with E-state index in [0.29, 0.717) is 16.7 Å². The van der Waals surface area contributed by atoms with Gasteiger partial charge in [0.15, 0.2) is 7.11 Å². The molecule has 1 aromatic carbocycles. The Kier molecular flexibility index (Phi) is 4.77. The van der Waals surface area contributed by atoms with E-state index in [0.717, 1.165) is 16.8 Å². The molecule has 20 heavy (non-hydrogen) atoms.